The normalized spacial score (nSPS) is 16.3. The molecular formula is C12H19N3O3S. The molecule has 0 bridgehead atoms. The van der Waals surface area contributed by atoms with Crippen LogP contribution in [-0.2, 0) is 22.6 Å². The van der Waals surface area contributed by atoms with Crippen molar-refractivity contribution < 1.29 is 14.3 Å². The maximum Gasteiger partial charge on any atom is 0.407 e. The van der Waals surface area contributed by atoms with Crippen LogP contribution in [0.25, 0.3) is 0 Å². The van der Waals surface area contributed by atoms with Gasteiger partial charge in [0, 0.05) is 25.0 Å². The molecule has 0 aliphatic carbocycles. The molecule has 0 spiro atoms. The molecule has 1 aromatic rings. The van der Waals surface area contributed by atoms with E-state index in [0.717, 1.165) is 43.5 Å². The lowest BCUT2D eigenvalue weighted by molar-refractivity contribution is 0.0337. The van der Waals surface area contributed by atoms with E-state index in [0.29, 0.717) is 13.2 Å². The lowest BCUT2D eigenvalue weighted by atomic mass is 10.3. The highest BCUT2D eigenvalue weighted by molar-refractivity contribution is 7.09. The van der Waals surface area contributed by atoms with Gasteiger partial charge in [0.15, 0.2) is 0 Å². The number of thiazole rings is 1. The lowest BCUT2D eigenvalue weighted by Gasteiger charge is -2.25. The largest absolute Gasteiger partial charge is 0.450 e. The molecule has 7 heteroatoms. The van der Waals surface area contributed by atoms with E-state index >= 15 is 0 Å². The van der Waals surface area contributed by atoms with Crippen LogP contribution < -0.4 is 5.32 Å². The molecule has 0 saturated carbocycles. The molecule has 0 radical (unpaired) electrons. The monoisotopic (exact) mass is 285 g/mol. The Morgan fingerprint density at radius 1 is 1.58 bits per heavy atom. The van der Waals surface area contributed by atoms with Gasteiger partial charge in [0.05, 0.1) is 32.1 Å². The second-order valence-electron chi connectivity index (χ2n) is 4.20. The Bertz CT molecular complexity index is 405. The summed E-state index contributed by atoms with van der Waals surface area (Å²) >= 11 is 1.56. The Labute approximate surface area is 116 Å². The summed E-state index contributed by atoms with van der Waals surface area (Å²) in [6, 6.07) is 0. The molecule has 0 unspecified atom stereocenters. The van der Waals surface area contributed by atoms with Gasteiger partial charge in [0.2, 0.25) is 0 Å². The van der Waals surface area contributed by atoms with E-state index in [4.69, 9.17) is 9.47 Å². The summed E-state index contributed by atoms with van der Waals surface area (Å²) < 4.78 is 10.1. The maximum atomic E-state index is 11.2. The predicted octanol–water partition coefficient (Wildman–Crippen LogP) is 1.22. The number of nitrogens with one attached hydrogen (secondary N) is 1. The number of aromatic nitrogens is 1. The van der Waals surface area contributed by atoms with Crippen molar-refractivity contribution in [2.75, 3.05) is 32.9 Å². The molecule has 0 aromatic carbocycles. The van der Waals surface area contributed by atoms with Crippen LogP contribution in [0.3, 0.4) is 0 Å². The maximum absolute atomic E-state index is 11.2. The van der Waals surface area contributed by atoms with Crippen molar-refractivity contribution in [2.45, 2.75) is 20.0 Å². The van der Waals surface area contributed by atoms with Crippen molar-refractivity contribution in [1.82, 2.24) is 15.2 Å². The van der Waals surface area contributed by atoms with Gasteiger partial charge in [0.25, 0.3) is 0 Å². The third-order valence-corrected chi connectivity index (χ3v) is 3.65. The summed E-state index contributed by atoms with van der Waals surface area (Å²) in [5.41, 5.74) is 1.05. The molecule has 2 rings (SSSR count). The number of hydrogen-bond donors (Lipinski definition) is 1. The fourth-order valence-electron chi connectivity index (χ4n) is 1.82. The fourth-order valence-corrected chi connectivity index (χ4v) is 2.55. The zero-order valence-corrected chi connectivity index (χ0v) is 11.9. The molecule has 1 aliphatic rings. The van der Waals surface area contributed by atoms with Crippen LogP contribution in [0.4, 0.5) is 4.79 Å². The van der Waals surface area contributed by atoms with Crippen molar-refractivity contribution >= 4 is 17.4 Å². The molecule has 1 aromatic heterocycles. The van der Waals surface area contributed by atoms with Crippen LogP contribution in [0.5, 0.6) is 0 Å². The summed E-state index contributed by atoms with van der Waals surface area (Å²) in [5, 5.41) is 5.61. The van der Waals surface area contributed by atoms with Crippen LogP contribution in [-0.4, -0.2) is 48.9 Å². The fraction of sp³-hybridized carbons (Fsp3) is 0.667. The Balaban J connectivity index is 1.76. The summed E-state index contributed by atoms with van der Waals surface area (Å²) in [5.74, 6) is 0. The van der Waals surface area contributed by atoms with Crippen LogP contribution in [0.2, 0.25) is 0 Å². The van der Waals surface area contributed by atoms with Gasteiger partial charge in [0.1, 0.15) is 5.01 Å². The van der Waals surface area contributed by atoms with E-state index in [1.165, 1.54) is 0 Å². The molecule has 19 heavy (non-hydrogen) atoms. The van der Waals surface area contributed by atoms with E-state index in [1.807, 2.05) is 5.38 Å². The highest BCUT2D eigenvalue weighted by atomic mass is 32.1. The van der Waals surface area contributed by atoms with Gasteiger partial charge in [-0.2, -0.15) is 0 Å². The topological polar surface area (TPSA) is 63.7 Å². The summed E-state index contributed by atoms with van der Waals surface area (Å²) in [7, 11) is 0. The van der Waals surface area contributed by atoms with Gasteiger partial charge in [-0.25, -0.2) is 9.78 Å². The van der Waals surface area contributed by atoms with Crippen LogP contribution in [0.1, 0.15) is 17.6 Å². The molecule has 1 saturated heterocycles. The minimum Gasteiger partial charge on any atom is -0.450 e. The molecule has 106 valence electrons. The first-order chi connectivity index (χ1) is 9.28. The minimum atomic E-state index is -0.396. The smallest absolute Gasteiger partial charge is 0.407 e. The number of hydrogen-bond acceptors (Lipinski definition) is 6. The third kappa shape index (κ3) is 4.77. The number of carbonyl (C=O) groups excluding carboxylic acids is 1. The van der Waals surface area contributed by atoms with Crippen molar-refractivity contribution in [2.24, 2.45) is 0 Å². The van der Waals surface area contributed by atoms with Crippen LogP contribution in [0, 0.1) is 0 Å². The molecule has 2 heterocycles. The first-order valence-electron chi connectivity index (χ1n) is 6.42. The number of morpholine rings is 1. The van der Waals surface area contributed by atoms with Crippen LogP contribution >= 0.6 is 11.3 Å². The average molecular weight is 285 g/mol. The van der Waals surface area contributed by atoms with Gasteiger partial charge < -0.3 is 14.8 Å². The average Bonchev–Trinajstić information content (AvgIpc) is 2.86. The molecule has 1 aliphatic heterocycles. The van der Waals surface area contributed by atoms with E-state index in [2.05, 4.69) is 15.2 Å². The number of nitrogens with zero attached hydrogens (tertiary/aromatic N) is 2. The lowest BCUT2D eigenvalue weighted by Crippen LogP contribution is -2.35. The zero-order chi connectivity index (χ0) is 13.5. The summed E-state index contributed by atoms with van der Waals surface area (Å²) in [6.07, 6.45) is -0.396. The molecule has 1 amide bonds. The molecule has 0 atom stereocenters. The first kappa shape index (κ1) is 14.2. The van der Waals surface area contributed by atoms with Crippen molar-refractivity contribution in [3.63, 3.8) is 0 Å². The second kappa shape index (κ2) is 7.42. The van der Waals surface area contributed by atoms with Crippen molar-refractivity contribution in [3.05, 3.63) is 16.1 Å². The highest BCUT2D eigenvalue weighted by Crippen LogP contribution is 2.12. The Morgan fingerprint density at radius 3 is 3.11 bits per heavy atom. The Hall–Kier alpha value is -1.18. The van der Waals surface area contributed by atoms with Crippen molar-refractivity contribution in [1.29, 1.82) is 0 Å². The minimum absolute atomic E-state index is 0.381. The summed E-state index contributed by atoms with van der Waals surface area (Å²) in [6.45, 7) is 6.92. The summed E-state index contributed by atoms with van der Waals surface area (Å²) in [4.78, 5) is 18.0. The van der Waals surface area contributed by atoms with Gasteiger partial charge in [-0.3, -0.25) is 4.90 Å². The van der Waals surface area contributed by atoms with Gasteiger partial charge in [-0.15, -0.1) is 11.3 Å². The molecule has 6 nitrogen and oxygen atoms in total. The third-order valence-electron chi connectivity index (χ3n) is 2.75. The molecule has 1 fully saturated rings. The number of rotatable bonds is 5. The van der Waals surface area contributed by atoms with E-state index in [1.54, 1.807) is 18.3 Å². The number of alkyl carbamates (subject to hydrolysis) is 1. The Kier molecular flexibility index (Phi) is 5.56. The van der Waals surface area contributed by atoms with Crippen LogP contribution in [0.15, 0.2) is 5.38 Å². The second-order valence-corrected chi connectivity index (χ2v) is 5.14. The number of amides is 1. The number of carbonyl (C=O) groups is 1. The SMILES string of the molecule is CCOC(=O)NCc1nc(CN2CCOCC2)cs1. The van der Waals surface area contributed by atoms with Gasteiger partial charge >= 0.3 is 6.09 Å². The van der Waals surface area contributed by atoms with Crippen molar-refractivity contribution in [3.8, 4) is 0 Å². The standard InChI is InChI=1S/C12H19N3O3S/c1-2-18-12(16)13-7-11-14-10(9-19-11)8-15-3-5-17-6-4-15/h9H,2-8H2,1H3,(H,13,16). The Morgan fingerprint density at radius 2 is 2.37 bits per heavy atom. The van der Waals surface area contributed by atoms with Gasteiger partial charge in [-0.05, 0) is 6.92 Å². The quantitative estimate of drug-likeness (QED) is 0.881. The first-order valence-corrected chi connectivity index (χ1v) is 7.30. The molecule has 1 N–H and O–H groups in total. The highest BCUT2D eigenvalue weighted by Gasteiger charge is 2.12. The van der Waals surface area contributed by atoms with E-state index in [9.17, 15) is 4.79 Å². The van der Waals surface area contributed by atoms with E-state index < -0.39 is 6.09 Å². The number of ether oxygens (including phenoxy) is 2. The van der Waals surface area contributed by atoms with Gasteiger partial charge in [-0.1, -0.05) is 0 Å². The molecular weight excluding hydrogens is 266 g/mol. The zero-order valence-electron chi connectivity index (χ0n) is 11.1. The van der Waals surface area contributed by atoms with E-state index in [-0.39, 0.29) is 0 Å². The predicted molar refractivity (Wildman–Crippen MR) is 72.1 cm³/mol.